The minimum absolute atomic E-state index is 0.358. The van der Waals surface area contributed by atoms with Crippen LogP contribution in [0, 0.1) is 0 Å². The van der Waals surface area contributed by atoms with Gasteiger partial charge in [-0.15, -0.1) is 0 Å². The molecular weight excluding hydrogens is 304 g/mol. The van der Waals surface area contributed by atoms with Crippen LogP contribution in [0.3, 0.4) is 0 Å². The van der Waals surface area contributed by atoms with Crippen molar-refractivity contribution in [1.82, 2.24) is 4.98 Å². The van der Waals surface area contributed by atoms with E-state index >= 15 is 0 Å². The van der Waals surface area contributed by atoms with Crippen LogP contribution in [0.4, 0.5) is 5.69 Å². The van der Waals surface area contributed by atoms with E-state index in [0.717, 1.165) is 10.2 Å². The topological polar surface area (TPSA) is 48.1 Å². The zero-order valence-electron chi connectivity index (χ0n) is 8.86. The van der Waals surface area contributed by atoms with E-state index in [1.165, 1.54) is 0 Å². The van der Waals surface area contributed by atoms with Gasteiger partial charge in [-0.2, -0.15) is 0 Å². The third-order valence-corrected chi connectivity index (χ3v) is 2.90. The van der Waals surface area contributed by atoms with Crippen LogP contribution >= 0.6 is 27.5 Å². The number of ether oxygens (including phenoxy) is 1. The molecule has 0 fully saturated rings. The molecule has 3 nitrogen and oxygen atoms in total. The summed E-state index contributed by atoms with van der Waals surface area (Å²) >= 11 is 9.30. The van der Waals surface area contributed by atoms with Crippen molar-refractivity contribution in [2.24, 2.45) is 0 Å². The molecule has 5 heteroatoms. The number of aromatic nitrogens is 1. The third-order valence-electron chi connectivity index (χ3n) is 2.12. The van der Waals surface area contributed by atoms with Gasteiger partial charge in [0.1, 0.15) is 12.4 Å². The molecular formula is C12H10BrClN2O. The summed E-state index contributed by atoms with van der Waals surface area (Å²) < 4.78 is 6.49. The molecule has 1 aromatic carbocycles. The van der Waals surface area contributed by atoms with E-state index in [1.54, 1.807) is 24.4 Å². The Morgan fingerprint density at radius 2 is 2.12 bits per heavy atom. The first-order valence-corrected chi connectivity index (χ1v) is 6.10. The van der Waals surface area contributed by atoms with Crippen LogP contribution in [-0.4, -0.2) is 4.98 Å². The van der Waals surface area contributed by atoms with Crippen LogP contribution in [0.15, 0.2) is 41.0 Å². The Labute approximate surface area is 113 Å². The monoisotopic (exact) mass is 312 g/mol. The molecule has 0 saturated carbocycles. The molecule has 0 unspecified atom stereocenters. The van der Waals surface area contributed by atoms with Crippen molar-refractivity contribution in [3.05, 3.63) is 51.7 Å². The van der Waals surface area contributed by atoms with Gasteiger partial charge in [-0.25, -0.2) is 0 Å². The molecule has 0 radical (unpaired) electrons. The van der Waals surface area contributed by atoms with Gasteiger partial charge in [-0.3, -0.25) is 4.98 Å². The van der Waals surface area contributed by atoms with E-state index in [4.69, 9.17) is 22.1 Å². The fourth-order valence-electron chi connectivity index (χ4n) is 1.27. The van der Waals surface area contributed by atoms with Gasteiger partial charge in [0.2, 0.25) is 0 Å². The molecule has 1 heterocycles. The zero-order valence-corrected chi connectivity index (χ0v) is 11.2. The number of rotatable bonds is 3. The van der Waals surface area contributed by atoms with Crippen molar-refractivity contribution < 1.29 is 4.74 Å². The standard InChI is InChI=1S/C12H10BrClN2O/c13-8-1-3-10(16-6-8)7-17-12-5-9(15)2-4-11(12)14/h1-6H,7,15H2. The van der Waals surface area contributed by atoms with E-state index in [2.05, 4.69) is 20.9 Å². The molecule has 88 valence electrons. The van der Waals surface area contributed by atoms with Crippen LogP contribution in [0.1, 0.15) is 5.69 Å². The highest BCUT2D eigenvalue weighted by molar-refractivity contribution is 9.10. The molecule has 0 saturated heterocycles. The third kappa shape index (κ3) is 3.35. The molecule has 0 spiro atoms. The number of nitrogens with two attached hydrogens (primary N) is 1. The molecule has 0 aliphatic carbocycles. The SMILES string of the molecule is Nc1ccc(Cl)c(OCc2ccc(Br)cn2)c1. The summed E-state index contributed by atoms with van der Waals surface area (Å²) in [5.41, 5.74) is 7.10. The Balaban J connectivity index is 2.07. The van der Waals surface area contributed by atoms with Crippen molar-refractivity contribution in [3.8, 4) is 5.75 Å². The maximum absolute atomic E-state index is 5.98. The van der Waals surface area contributed by atoms with Gasteiger partial charge in [-0.05, 0) is 40.2 Å². The van der Waals surface area contributed by atoms with Crippen LogP contribution in [0.25, 0.3) is 0 Å². The van der Waals surface area contributed by atoms with E-state index in [0.29, 0.717) is 23.1 Å². The largest absolute Gasteiger partial charge is 0.486 e. The molecule has 2 aromatic rings. The van der Waals surface area contributed by atoms with Gasteiger partial charge in [-0.1, -0.05) is 11.6 Å². The average molecular weight is 314 g/mol. The van der Waals surface area contributed by atoms with Crippen molar-refractivity contribution in [2.75, 3.05) is 5.73 Å². The molecule has 1 aromatic heterocycles. The van der Waals surface area contributed by atoms with Gasteiger partial charge < -0.3 is 10.5 Å². The number of pyridine rings is 1. The average Bonchev–Trinajstić information content (AvgIpc) is 2.32. The van der Waals surface area contributed by atoms with Crippen molar-refractivity contribution in [2.45, 2.75) is 6.61 Å². The lowest BCUT2D eigenvalue weighted by molar-refractivity contribution is 0.301. The second kappa shape index (κ2) is 5.38. The molecule has 0 aliphatic heterocycles. The van der Waals surface area contributed by atoms with E-state index in [9.17, 15) is 0 Å². The van der Waals surface area contributed by atoms with Crippen LogP contribution in [0.2, 0.25) is 5.02 Å². The summed E-state index contributed by atoms with van der Waals surface area (Å²) in [6.45, 7) is 0.358. The van der Waals surface area contributed by atoms with Gasteiger partial charge in [0, 0.05) is 22.4 Å². The Bertz CT molecular complexity index is 516. The van der Waals surface area contributed by atoms with Crippen LogP contribution < -0.4 is 10.5 Å². The number of nitrogens with zero attached hydrogens (tertiary/aromatic N) is 1. The van der Waals surface area contributed by atoms with Crippen LogP contribution in [0.5, 0.6) is 5.75 Å². The lowest BCUT2D eigenvalue weighted by Crippen LogP contribution is -1.99. The molecule has 0 bridgehead atoms. The number of benzene rings is 1. The summed E-state index contributed by atoms with van der Waals surface area (Å²) in [7, 11) is 0. The van der Waals surface area contributed by atoms with Crippen molar-refractivity contribution in [3.63, 3.8) is 0 Å². The predicted molar refractivity (Wildman–Crippen MR) is 72.1 cm³/mol. The normalized spacial score (nSPS) is 10.2. The quantitative estimate of drug-likeness (QED) is 0.880. The number of hydrogen-bond donors (Lipinski definition) is 1. The van der Waals surface area contributed by atoms with Gasteiger partial charge in [0.25, 0.3) is 0 Å². The first kappa shape index (κ1) is 12.2. The summed E-state index contributed by atoms with van der Waals surface area (Å²) in [4.78, 5) is 4.20. The fourth-order valence-corrected chi connectivity index (χ4v) is 1.68. The van der Waals surface area contributed by atoms with Gasteiger partial charge >= 0.3 is 0 Å². The molecule has 2 rings (SSSR count). The van der Waals surface area contributed by atoms with Crippen molar-refractivity contribution in [1.29, 1.82) is 0 Å². The number of halogens is 2. The van der Waals surface area contributed by atoms with E-state index in [-0.39, 0.29) is 0 Å². The molecule has 0 aliphatic rings. The first-order chi connectivity index (χ1) is 8.15. The summed E-state index contributed by atoms with van der Waals surface area (Å²) in [6.07, 6.45) is 1.72. The van der Waals surface area contributed by atoms with Crippen molar-refractivity contribution >= 4 is 33.2 Å². The Morgan fingerprint density at radius 1 is 1.29 bits per heavy atom. The Kier molecular flexibility index (Phi) is 3.86. The minimum Gasteiger partial charge on any atom is -0.486 e. The molecule has 0 amide bonds. The van der Waals surface area contributed by atoms with E-state index < -0.39 is 0 Å². The minimum atomic E-state index is 0.358. The molecule has 17 heavy (non-hydrogen) atoms. The highest BCUT2D eigenvalue weighted by Crippen LogP contribution is 2.27. The first-order valence-electron chi connectivity index (χ1n) is 4.93. The van der Waals surface area contributed by atoms with E-state index in [1.807, 2.05) is 12.1 Å². The van der Waals surface area contributed by atoms with Gasteiger partial charge in [0.15, 0.2) is 0 Å². The lowest BCUT2D eigenvalue weighted by atomic mass is 10.3. The second-order valence-corrected chi connectivity index (χ2v) is 4.77. The zero-order chi connectivity index (χ0) is 12.3. The molecule has 0 atom stereocenters. The smallest absolute Gasteiger partial charge is 0.140 e. The highest BCUT2D eigenvalue weighted by atomic mass is 79.9. The number of anilines is 1. The number of nitrogen functional groups attached to an aromatic ring is 1. The Morgan fingerprint density at radius 3 is 2.82 bits per heavy atom. The molecule has 2 N–H and O–H groups in total. The highest BCUT2D eigenvalue weighted by Gasteiger charge is 2.03. The lowest BCUT2D eigenvalue weighted by Gasteiger charge is -2.08. The summed E-state index contributed by atoms with van der Waals surface area (Å²) in [6, 6.07) is 8.92. The Hall–Kier alpha value is -1.26. The van der Waals surface area contributed by atoms with Crippen LogP contribution in [-0.2, 0) is 6.61 Å². The fraction of sp³-hybridized carbons (Fsp3) is 0.0833. The predicted octanol–water partition coefficient (Wildman–Crippen LogP) is 3.66. The maximum atomic E-state index is 5.98. The second-order valence-electron chi connectivity index (χ2n) is 3.45. The summed E-state index contributed by atoms with van der Waals surface area (Å²) in [5.74, 6) is 0.566. The summed E-state index contributed by atoms with van der Waals surface area (Å²) in [5, 5.41) is 0.538. The van der Waals surface area contributed by atoms with Gasteiger partial charge in [0.05, 0.1) is 10.7 Å². The number of hydrogen-bond acceptors (Lipinski definition) is 3. The maximum Gasteiger partial charge on any atom is 0.140 e.